The van der Waals surface area contributed by atoms with Gasteiger partial charge in [-0.3, -0.25) is 24.5 Å². The molecule has 4 N–H and O–H groups in total. The number of rotatable bonds is 13. The van der Waals surface area contributed by atoms with Crippen LogP contribution in [0.15, 0.2) is 103 Å². The Morgan fingerprint density at radius 1 is 1.02 bits per heavy atom. The minimum absolute atomic E-state index is 0.0587. The Labute approximate surface area is 325 Å². The van der Waals surface area contributed by atoms with Crippen LogP contribution in [0.3, 0.4) is 0 Å². The number of hydrogen-bond donors (Lipinski definition) is 4. The van der Waals surface area contributed by atoms with E-state index in [-0.39, 0.29) is 56.6 Å². The van der Waals surface area contributed by atoms with Crippen molar-refractivity contribution in [2.45, 2.75) is 63.2 Å². The molecule has 0 unspecified atom stereocenters. The Morgan fingerprint density at radius 2 is 1.75 bits per heavy atom. The van der Waals surface area contributed by atoms with Crippen LogP contribution in [0.2, 0.25) is 18.6 Å². The average Bonchev–Trinajstić information content (AvgIpc) is 3.78. The third kappa shape index (κ3) is 7.35. The highest BCUT2D eigenvalue weighted by atomic mass is 28.4. The monoisotopic (exact) mass is 775 g/mol. The summed E-state index contributed by atoms with van der Waals surface area (Å²) in [6.07, 6.45) is 0.915. The fraction of sp³-hybridized carbons (Fsp3) is 0.310. The molecule has 13 nitrogen and oxygen atoms in total. The number of carbonyl (C=O) groups excluding carboxylic acids is 3. The minimum atomic E-state index is -3.17. The summed E-state index contributed by atoms with van der Waals surface area (Å²) in [6, 6.07) is 28.5. The van der Waals surface area contributed by atoms with E-state index in [1.165, 1.54) is 21.9 Å². The number of benzene rings is 4. The van der Waals surface area contributed by atoms with Crippen LogP contribution >= 0.6 is 0 Å². The van der Waals surface area contributed by atoms with Crippen molar-refractivity contribution in [1.29, 1.82) is 0 Å². The molecular formula is C42H45N5O8Si. The number of hydrogen-bond acceptors (Lipinski definition) is 8. The van der Waals surface area contributed by atoms with Crippen LogP contribution in [0.5, 0.6) is 0 Å². The molecule has 7 rings (SSSR count). The van der Waals surface area contributed by atoms with Gasteiger partial charge in [-0.05, 0) is 54.0 Å². The van der Waals surface area contributed by atoms with Crippen LogP contribution in [0.1, 0.15) is 35.6 Å². The van der Waals surface area contributed by atoms with Gasteiger partial charge < -0.3 is 34.7 Å². The zero-order valence-electron chi connectivity index (χ0n) is 31.5. The second-order valence-corrected chi connectivity index (χ2v) is 19.2. The van der Waals surface area contributed by atoms with Gasteiger partial charge in [-0.1, -0.05) is 67.6 Å². The number of para-hydroxylation sites is 1. The third-order valence-electron chi connectivity index (χ3n) is 11.1. The van der Waals surface area contributed by atoms with E-state index in [1.54, 1.807) is 37.4 Å². The number of aliphatic hydroxyl groups excluding tert-OH is 1. The summed E-state index contributed by atoms with van der Waals surface area (Å²) in [5, 5.41) is 25.9. The van der Waals surface area contributed by atoms with Gasteiger partial charge in [0.25, 0.3) is 11.6 Å². The van der Waals surface area contributed by atoms with Gasteiger partial charge in [0.2, 0.25) is 11.8 Å². The lowest BCUT2D eigenvalue weighted by Crippen LogP contribution is -2.46. The van der Waals surface area contributed by atoms with E-state index in [4.69, 9.17) is 4.74 Å². The highest BCUT2D eigenvalue weighted by molar-refractivity contribution is 6.71. The van der Waals surface area contributed by atoms with E-state index >= 15 is 0 Å². The number of H-pyrrole nitrogens is 1. The topological polar surface area (TPSA) is 178 Å². The Hall–Kier alpha value is -5.67. The van der Waals surface area contributed by atoms with Crippen LogP contribution in [-0.2, 0) is 44.2 Å². The molecule has 1 fully saturated rings. The predicted molar refractivity (Wildman–Crippen MR) is 214 cm³/mol. The predicted octanol–water partition coefficient (Wildman–Crippen LogP) is 6.01. The summed E-state index contributed by atoms with van der Waals surface area (Å²) in [5.74, 6) is -1.65. The van der Waals surface area contributed by atoms with E-state index in [0.29, 0.717) is 22.5 Å². The number of nitro benzene ring substituents is 1. The maximum Gasteiger partial charge on any atom is 0.269 e. The fourth-order valence-electron chi connectivity index (χ4n) is 8.64. The Morgan fingerprint density at radius 3 is 2.48 bits per heavy atom. The number of carbonyl (C=O) groups is 3. The number of nitro groups is 1. The van der Waals surface area contributed by atoms with Crippen molar-refractivity contribution in [3.63, 3.8) is 0 Å². The first-order valence-electron chi connectivity index (χ1n) is 18.7. The molecule has 2 aliphatic heterocycles. The van der Waals surface area contributed by atoms with Crippen LogP contribution in [0, 0.1) is 16.0 Å². The largest absolute Gasteiger partial charge is 0.432 e. The molecule has 290 valence electrons. The average molecular weight is 776 g/mol. The number of nitrogens with zero attached hydrogens (tertiary/aromatic N) is 3. The lowest BCUT2D eigenvalue weighted by atomic mass is 9.82. The summed E-state index contributed by atoms with van der Waals surface area (Å²) in [7, 11) is -3.17. The van der Waals surface area contributed by atoms with Crippen molar-refractivity contribution in [3.8, 4) is 0 Å². The van der Waals surface area contributed by atoms with E-state index in [1.807, 2.05) is 73.8 Å². The van der Waals surface area contributed by atoms with E-state index in [9.17, 15) is 34.4 Å². The molecule has 0 saturated carbocycles. The lowest BCUT2D eigenvalue weighted by Gasteiger charge is -2.32. The first-order chi connectivity index (χ1) is 26.8. The molecule has 1 spiro atoms. The number of anilines is 2. The Balaban J connectivity index is 1.17. The number of nitrogens with one attached hydrogen (secondary N) is 2. The fourth-order valence-corrected chi connectivity index (χ4v) is 11.2. The molecule has 1 saturated heterocycles. The van der Waals surface area contributed by atoms with Crippen LogP contribution in [0.4, 0.5) is 17.1 Å². The number of ether oxygens (including phenoxy) is 1. The van der Waals surface area contributed by atoms with Crippen LogP contribution in [0.25, 0.3) is 10.9 Å². The molecule has 0 bridgehead atoms. The zero-order valence-corrected chi connectivity index (χ0v) is 32.5. The van der Waals surface area contributed by atoms with Crippen LogP contribution < -0.4 is 10.2 Å². The number of aliphatic hydroxyl groups is 1. The molecule has 2 aliphatic rings. The number of aromatic amines is 1. The Kier molecular flexibility index (Phi) is 10.7. The second-order valence-electron chi connectivity index (χ2n) is 15.2. The summed E-state index contributed by atoms with van der Waals surface area (Å²) in [6.45, 7) is 5.43. The Bertz CT molecular complexity index is 2290. The van der Waals surface area contributed by atoms with Crippen LogP contribution in [-0.4, -0.2) is 70.0 Å². The molecule has 0 radical (unpaired) electrons. The third-order valence-corrected chi connectivity index (χ3v) is 13.6. The first kappa shape index (κ1) is 38.6. The summed E-state index contributed by atoms with van der Waals surface area (Å²) in [5.41, 5.74) is 2.09. The standard InChI is InChI=1S/C42H45N5O8Si/c1-27-40(56(2,3)54)37(23-39(50)45(18-19-48)25-28-10-5-4-6-11-28)55-42(27)34-22-32(47(52)53)16-17-36(34)46(41(42)51)26-29-12-9-13-31(20-29)44-38(49)21-30-24-43-35-15-8-7-14-33(30)35/h4-17,20,22,24,27,37,40,43,48,54H,18-19,21,23,25-26H2,1-3H3,(H,44,49)/t27-,37+,40-,42+/m1/s1. The number of aromatic nitrogens is 1. The minimum Gasteiger partial charge on any atom is -0.432 e. The molecule has 56 heavy (non-hydrogen) atoms. The van der Waals surface area contributed by atoms with Gasteiger partial charge in [0, 0.05) is 65.0 Å². The van der Waals surface area contributed by atoms with Gasteiger partial charge >= 0.3 is 0 Å². The molecular weight excluding hydrogens is 731 g/mol. The van der Waals surface area contributed by atoms with Crippen molar-refractivity contribution in [1.82, 2.24) is 9.88 Å². The van der Waals surface area contributed by atoms with Crippen molar-refractivity contribution >= 4 is 54.0 Å². The highest BCUT2D eigenvalue weighted by Crippen LogP contribution is 2.60. The van der Waals surface area contributed by atoms with Gasteiger partial charge in [-0.15, -0.1) is 0 Å². The van der Waals surface area contributed by atoms with Crippen molar-refractivity contribution in [2.24, 2.45) is 5.92 Å². The molecule has 1 aromatic heterocycles. The molecule has 3 amide bonds. The number of fused-ring (bicyclic) bond motifs is 3. The first-order valence-corrected chi connectivity index (χ1v) is 21.7. The quantitative estimate of drug-likeness (QED) is 0.0638. The van der Waals surface area contributed by atoms with E-state index < -0.39 is 42.3 Å². The number of amides is 3. The molecule has 5 aromatic rings. The molecule has 14 heteroatoms. The maximum absolute atomic E-state index is 15.0. The molecule has 4 aromatic carbocycles. The van der Waals surface area contributed by atoms with Crippen molar-refractivity contribution < 1.29 is 33.9 Å². The van der Waals surface area contributed by atoms with Gasteiger partial charge in [-0.2, -0.15) is 0 Å². The van der Waals surface area contributed by atoms with Gasteiger partial charge in [0.05, 0.1) is 42.7 Å². The van der Waals surface area contributed by atoms with Crippen molar-refractivity contribution in [3.05, 3.63) is 136 Å². The van der Waals surface area contributed by atoms with Gasteiger partial charge in [0.1, 0.15) is 0 Å². The maximum atomic E-state index is 15.0. The SMILES string of the molecule is C[C@@H]1[C@@H]([Si](C)(C)O)[C@H](CC(=O)N(CCO)Cc2ccccc2)O[C@@]12C(=O)N(Cc1cccc(NC(=O)Cc3c[nH]c4ccccc34)c1)c1ccc([N+](=O)[O-])cc12. The molecule has 3 heterocycles. The summed E-state index contributed by atoms with van der Waals surface area (Å²) in [4.78, 5) is 71.6. The van der Waals surface area contributed by atoms with Crippen molar-refractivity contribution in [2.75, 3.05) is 23.4 Å². The van der Waals surface area contributed by atoms with E-state index in [0.717, 1.165) is 22.0 Å². The molecule has 4 atom stereocenters. The highest BCUT2D eigenvalue weighted by Gasteiger charge is 2.66. The second kappa shape index (κ2) is 15.5. The zero-order chi connectivity index (χ0) is 39.8. The summed E-state index contributed by atoms with van der Waals surface area (Å²) >= 11 is 0. The van der Waals surface area contributed by atoms with Gasteiger partial charge in [0.15, 0.2) is 13.9 Å². The number of non-ortho nitro benzene ring substituents is 1. The lowest BCUT2D eigenvalue weighted by molar-refractivity contribution is -0.385. The van der Waals surface area contributed by atoms with E-state index in [2.05, 4.69) is 10.3 Å². The molecule has 0 aliphatic carbocycles. The smallest absolute Gasteiger partial charge is 0.269 e. The normalized spacial score (nSPS) is 20.4. The summed E-state index contributed by atoms with van der Waals surface area (Å²) < 4.78 is 6.80. The van der Waals surface area contributed by atoms with Gasteiger partial charge in [-0.25, -0.2) is 0 Å².